The second-order valence-corrected chi connectivity index (χ2v) is 4.58. The number of hydrogen-bond donors (Lipinski definition) is 3. The Morgan fingerprint density at radius 3 is 2.69 bits per heavy atom. The number of thiocarbonyl (C=S) groups is 1. The molecule has 0 amide bonds. The van der Waals surface area contributed by atoms with E-state index in [1.807, 2.05) is 0 Å². The van der Waals surface area contributed by atoms with Gasteiger partial charge in [-0.05, 0) is 18.3 Å². The highest BCUT2D eigenvalue weighted by Gasteiger charge is 2.12. The van der Waals surface area contributed by atoms with Gasteiger partial charge >= 0.3 is 0 Å². The zero-order valence-electron chi connectivity index (χ0n) is 7.99. The lowest BCUT2D eigenvalue weighted by Crippen LogP contribution is -2.24. The molecule has 16 heavy (non-hydrogen) atoms. The second-order valence-electron chi connectivity index (χ2n) is 2.75. The summed E-state index contributed by atoms with van der Waals surface area (Å²) in [5, 5.41) is 3.56. The SMILES string of the molecule is NC(=S)NN=Cc1ccccc1S(=O)(=O)O. The zero-order valence-corrected chi connectivity index (χ0v) is 9.62. The molecule has 1 rings (SSSR count). The third kappa shape index (κ3) is 3.57. The molecule has 0 fully saturated rings. The Morgan fingerprint density at radius 1 is 1.50 bits per heavy atom. The summed E-state index contributed by atoms with van der Waals surface area (Å²) >= 11 is 4.50. The fourth-order valence-electron chi connectivity index (χ4n) is 0.988. The first-order chi connectivity index (χ1) is 7.41. The molecule has 0 heterocycles. The maximum absolute atomic E-state index is 11.0. The summed E-state index contributed by atoms with van der Waals surface area (Å²) in [5.41, 5.74) is 7.62. The summed E-state index contributed by atoms with van der Waals surface area (Å²) in [6, 6.07) is 5.84. The number of nitrogens with two attached hydrogens (primary N) is 1. The lowest BCUT2D eigenvalue weighted by atomic mass is 10.2. The molecular weight excluding hydrogens is 250 g/mol. The molecule has 0 radical (unpaired) electrons. The van der Waals surface area contributed by atoms with Crippen LogP contribution in [-0.2, 0) is 10.1 Å². The normalized spacial score (nSPS) is 11.6. The maximum atomic E-state index is 11.0. The Kier molecular flexibility index (Phi) is 3.93. The first kappa shape index (κ1) is 12.6. The van der Waals surface area contributed by atoms with Crippen LogP contribution in [0.3, 0.4) is 0 Å². The van der Waals surface area contributed by atoms with Crippen LogP contribution in [0.4, 0.5) is 0 Å². The van der Waals surface area contributed by atoms with Crippen LogP contribution in [0.15, 0.2) is 34.3 Å². The van der Waals surface area contributed by atoms with Crippen molar-refractivity contribution in [2.24, 2.45) is 10.8 Å². The first-order valence-electron chi connectivity index (χ1n) is 4.06. The van der Waals surface area contributed by atoms with Gasteiger partial charge in [0.15, 0.2) is 5.11 Å². The van der Waals surface area contributed by atoms with E-state index in [9.17, 15) is 8.42 Å². The number of nitrogens with zero attached hydrogens (tertiary/aromatic N) is 1. The summed E-state index contributed by atoms with van der Waals surface area (Å²) in [7, 11) is -4.27. The minimum absolute atomic E-state index is 0.0411. The van der Waals surface area contributed by atoms with Gasteiger partial charge in [0.25, 0.3) is 10.1 Å². The van der Waals surface area contributed by atoms with Gasteiger partial charge in [0.1, 0.15) is 4.90 Å². The summed E-state index contributed by atoms with van der Waals surface area (Å²) in [6.45, 7) is 0. The average molecular weight is 259 g/mol. The van der Waals surface area contributed by atoms with Crippen LogP contribution < -0.4 is 11.2 Å². The predicted molar refractivity (Wildman–Crippen MR) is 63.8 cm³/mol. The fourth-order valence-corrected chi connectivity index (χ4v) is 1.71. The van der Waals surface area contributed by atoms with Crippen molar-refractivity contribution >= 4 is 33.7 Å². The molecule has 86 valence electrons. The van der Waals surface area contributed by atoms with Gasteiger partial charge in [0, 0.05) is 5.56 Å². The predicted octanol–water partition coefficient (Wildman–Crippen LogP) is 0.100. The van der Waals surface area contributed by atoms with Crippen LogP contribution in [0.2, 0.25) is 0 Å². The summed E-state index contributed by atoms with van der Waals surface area (Å²) in [5.74, 6) is 0. The van der Waals surface area contributed by atoms with Crippen molar-refractivity contribution in [1.82, 2.24) is 5.43 Å². The van der Waals surface area contributed by atoms with Crippen LogP contribution in [0.1, 0.15) is 5.56 Å². The Morgan fingerprint density at radius 2 is 2.12 bits per heavy atom. The molecule has 8 heteroatoms. The van der Waals surface area contributed by atoms with Crippen molar-refractivity contribution in [3.8, 4) is 0 Å². The van der Waals surface area contributed by atoms with Gasteiger partial charge in [-0.3, -0.25) is 9.98 Å². The smallest absolute Gasteiger partial charge is 0.295 e. The van der Waals surface area contributed by atoms with Crippen molar-refractivity contribution in [1.29, 1.82) is 0 Å². The zero-order chi connectivity index (χ0) is 12.2. The van der Waals surface area contributed by atoms with E-state index in [1.165, 1.54) is 24.4 Å². The van der Waals surface area contributed by atoms with Crippen LogP contribution in [0, 0.1) is 0 Å². The van der Waals surface area contributed by atoms with Gasteiger partial charge in [-0.1, -0.05) is 18.2 Å². The molecule has 0 bridgehead atoms. The van der Waals surface area contributed by atoms with Crippen LogP contribution in [0.25, 0.3) is 0 Å². The van der Waals surface area contributed by atoms with Gasteiger partial charge in [0.2, 0.25) is 0 Å². The molecule has 0 aliphatic carbocycles. The van der Waals surface area contributed by atoms with E-state index >= 15 is 0 Å². The van der Waals surface area contributed by atoms with Crippen molar-refractivity contribution in [2.45, 2.75) is 4.90 Å². The topological polar surface area (TPSA) is 105 Å². The van der Waals surface area contributed by atoms with Crippen molar-refractivity contribution in [3.63, 3.8) is 0 Å². The van der Waals surface area contributed by atoms with Gasteiger partial charge in [-0.25, -0.2) is 0 Å². The van der Waals surface area contributed by atoms with Gasteiger partial charge in [-0.15, -0.1) is 0 Å². The number of rotatable bonds is 3. The molecule has 0 spiro atoms. The molecule has 1 aromatic rings. The van der Waals surface area contributed by atoms with Gasteiger partial charge < -0.3 is 5.73 Å². The molecule has 4 N–H and O–H groups in total. The second kappa shape index (κ2) is 5.01. The van der Waals surface area contributed by atoms with E-state index in [0.29, 0.717) is 0 Å². The fraction of sp³-hybridized carbons (Fsp3) is 0. The molecule has 0 aliphatic heterocycles. The van der Waals surface area contributed by atoms with E-state index in [1.54, 1.807) is 6.07 Å². The van der Waals surface area contributed by atoms with E-state index in [2.05, 4.69) is 22.7 Å². The maximum Gasteiger partial charge on any atom is 0.295 e. The minimum Gasteiger partial charge on any atom is -0.375 e. The van der Waals surface area contributed by atoms with Crippen LogP contribution in [0.5, 0.6) is 0 Å². The number of benzene rings is 1. The summed E-state index contributed by atoms with van der Waals surface area (Å²) < 4.78 is 30.9. The van der Waals surface area contributed by atoms with E-state index in [0.717, 1.165) is 0 Å². The molecular formula is C8H9N3O3S2. The van der Waals surface area contributed by atoms with Crippen molar-refractivity contribution in [2.75, 3.05) is 0 Å². The van der Waals surface area contributed by atoms with E-state index in [-0.39, 0.29) is 15.6 Å². The monoisotopic (exact) mass is 259 g/mol. The number of hydrazone groups is 1. The Labute approximate surface area is 97.9 Å². The highest BCUT2D eigenvalue weighted by atomic mass is 32.2. The lowest BCUT2D eigenvalue weighted by molar-refractivity contribution is 0.483. The van der Waals surface area contributed by atoms with E-state index < -0.39 is 10.1 Å². The lowest BCUT2D eigenvalue weighted by Gasteiger charge is -2.01. The summed E-state index contributed by atoms with van der Waals surface area (Å²) in [6.07, 6.45) is 1.20. The molecule has 0 saturated heterocycles. The highest BCUT2D eigenvalue weighted by molar-refractivity contribution is 7.86. The molecule has 0 aliphatic rings. The molecule has 1 aromatic carbocycles. The number of nitrogens with one attached hydrogen (secondary N) is 1. The Bertz CT molecular complexity index is 525. The molecule has 0 aromatic heterocycles. The summed E-state index contributed by atoms with van der Waals surface area (Å²) in [4.78, 5) is -0.233. The van der Waals surface area contributed by atoms with E-state index in [4.69, 9.17) is 10.3 Å². The molecule has 0 unspecified atom stereocenters. The average Bonchev–Trinajstić information content (AvgIpc) is 2.16. The number of hydrogen-bond acceptors (Lipinski definition) is 4. The molecule has 6 nitrogen and oxygen atoms in total. The standard InChI is InChI=1S/C8H9N3O3S2/c9-8(15)11-10-5-6-3-1-2-4-7(6)16(12,13)14/h1-5H,(H3,9,11,15)(H,12,13,14). The Hall–Kier alpha value is -1.51. The van der Waals surface area contributed by atoms with Gasteiger partial charge in [0.05, 0.1) is 6.21 Å². The van der Waals surface area contributed by atoms with Crippen LogP contribution >= 0.6 is 12.2 Å². The largest absolute Gasteiger partial charge is 0.375 e. The van der Waals surface area contributed by atoms with Crippen LogP contribution in [-0.4, -0.2) is 24.3 Å². The van der Waals surface area contributed by atoms with Crippen molar-refractivity contribution < 1.29 is 13.0 Å². The minimum atomic E-state index is -4.27. The molecule has 0 saturated carbocycles. The quantitative estimate of drug-likeness (QED) is 0.308. The third-order valence-electron chi connectivity index (χ3n) is 1.58. The first-order valence-corrected chi connectivity index (χ1v) is 5.91. The van der Waals surface area contributed by atoms with Crippen molar-refractivity contribution in [3.05, 3.63) is 29.8 Å². The highest BCUT2D eigenvalue weighted by Crippen LogP contribution is 2.12. The van der Waals surface area contributed by atoms with Gasteiger partial charge in [-0.2, -0.15) is 13.5 Å². The third-order valence-corrected chi connectivity index (χ3v) is 2.59. The Balaban J connectivity index is 3.06. The molecule has 0 atom stereocenters.